The number of benzene rings is 3. The summed E-state index contributed by atoms with van der Waals surface area (Å²) in [7, 11) is 0.759. The Bertz CT molecular complexity index is 1110. The van der Waals surface area contributed by atoms with Crippen molar-refractivity contribution in [3.05, 3.63) is 82.9 Å². The van der Waals surface area contributed by atoms with Crippen LogP contribution in [0.4, 0.5) is 0 Å². The lowest BCUT2D eigenvalue weighted by atomic mass is 9.96. The van der Waals surface area contributed by atoms with Gasteiger partial charge in [-0.1, -0.05) is 47.5 Å². The molecule has 0 aliphatic carbocycles. The summed E-state index contributed by atoms with van der Waals surface area (Å²) in [6.07, 6.45) is 0. The minimum Gasteiger partial charge on any atom is -0.496 e. The van der Waals surface area contributed by atoms with Gasteiger partial charge in [-0.15, -0.1) is 0 Å². The Morgan fingerprint density at radius 1 is 0.742 bits per heavy atom. The molecule has 1 unspecified atom stereocenters. The van der Waals surface area contributed by atoms with Crippen LogP contribution in [0.5, 0.6) is 17.2 Å². The van der Waals surface area contributed by atoms with Crippen molar-refractivity contribution in [3.63, 3.8) is 0 Å². The fourth-order valence-corrected chi connectivity index (χ4v) is 4.50. The SMILES string of the molecule is COc1cc(OC)c(C(NS(=O)(=O)c2ccc(C)cc2)c2ccc(C)cc2)c(OC)c1. The van der Waals surface area contributed by atoms with E-state index in [9.17, 15) is 8.42 Å². The lowest BCUT2D eigenvalue weighted by Gasteiger charge is -2.24. The second-order valence-corrected chi connectivity index (χ2v) is 8.94. The third-order valence-corrected chi connectivity index (χ3v) is 6.50. The van der Waals surface area contributed by atoms with Gasteiger partial charge in [0, 0.05) is 12.1 Å². The highest BCUT2D eigenvalue weighted by atomic mass is 32.2. The Hall–Kier alpha value is -3.03. The molecule has 0 heterocycles. The van der Waals surface area contributed by atoms with Gasteiger partial charge in [0.15, 0.2) is 0 Å². The molecule has 1 N–H and O–H groups in total. The summed E-state index contributed by atoms with van der Waals surface area (Å²) in [6.45, 7) is 3.88. The molecular formula is C24H27NO5S. The van der Waals surface area contributed by atoms with Gasteiger partial charge in [-0.25, -0.2) is 8.42 Å². The molecule has 0 aromatic heterocycles. The van der Waals surface area contributed by atoms with Crippen LogP contribution < -0.4 is 18.9 Å². The second-order valence-electron chi connectivity index (χ2n) is 7.22. The maximum Gasteiger partial charge on any atom is 0.241 e. The predicted octanol–water partition coefficient (Wildman–Crippen LogP) is 4.40. The third-order valence-electron chi connectivity index (χ3n) is 5.06. The van der Waals surface area contributed by atoms with Gasteiger partial charge in [-0.05, 0) is 31.5 Å². The van der Waals surface area contributed by atoms with Crippen molar-refractivity contribution in [2.75, 3.05) is 21.3 Å². The Morgan fingerprint density at radius 3 is 1.68 bits per heavy atom. The third kappa shape index (κ3) is 5.00. The second kappa shape index (κ2) is 9.41. The summed E-state index contributed by atoms with van der Waals surface area (Å²) >= 11 is 0. The van der Waals surface area contributed by atoms with Gasteiger partial charge in [0.2, 0.25) is 10.0 Å². The zero-order valence-corrected chi connectivity index (χ0v) is 19.1. The van der Waals surface area contributed by atoms with E-state index in [4.69, 9.17) is 14.2 Å². The fourth-order valence-electron chi connectivity index (χ4n) is 3.31. The molecule has 0 spiro atoms. The molecule has 0 radical (unpaired) electrons. The summed E-state index contributed by atoms with van der Waals surface area (Å²) in [4.78, 5) is 0.182. The van der Waals surface area contributed by atoms with E-state index in [0.29, 0.717) is 22.8 Å². The van der Waals surface area contributed by atoms with Gasteiger partial charge >= 0.3 is 0 Å². The molecule has 0 amide bonds. The van der Waals surface area contributed by atoms with Crippen molar-refractivity contribution in [1.29, 1.82) is 0 Å². The highest BCUT2D eigenvalue weighted by Crippen LogP contribution is 2.41. The number of nitrogens with one attached hydrogen (secondary N) is 1. The largest absolute Gasteiger partial charge is 0.496 e. The number of sulfonamides is 1. The molecule has 164 valence electrons. The maximum absolute atomic E-state index is 13.3. The summed E-state index contributed by atoms with van der Waals surface area (Å²) < 4.78 is 45.9. The van der Waals surface area contributed by atoms with Crippen molar-refractivity contribution < 1.29 is 22.6 Å². The van der Waals surface area contributed by atoms with Gasteiger partial charge in [0.05, 0.1) is 37.8 Å². The van der Waals surface area contributed by atoms with E-state index in [2.05, 4.69) is 4.72 Å². The number of methoxy groups -OCH3 is 3. The Morgan fingerprint density at radius 2 is 1.23 bits per heavy atom. The van der Waals surface area contributed by atoms with Crippen LogP contribution in [0.25, 0.3) is 0 Å². The number of rotatable bonds is 8. The van der Waals surface area contributed by atoms with E-state index >= 15 is 0 Å². The van der Waals surface area contributed by atoms with Crippen LogP contribution >= 0.6 is 0 Å². The molecule has 0 aliphatic rings. The van der Waals surface area contributed by atoms with Crippen LogP contribution in [0.3, 0.4) is 0 Å². The first-order valence-corrected chi connectivity index (χ1v) is 11.2. The van der Waals surface area contributed by atoms with Crippen LogP contribution in [0, 0.1) is 13.8 Å². The van der Waals surface area contributed by atoms with Crippen LogP contribution in [0.15, 0.2) is 65.6 Å². The minimum atomic E-state index is -3.84. The highest BCUT2D eigenvalue weighted by Gasteiger charge is 2.29. The molecule has 31 heavy (non-hydrogen) atoms. The first-order valence-electron chi connectivity index (χ1n) is 9.74. The molecule has 3 aromatic carbocycles. The Kier molecular flexibility index (Phi) is 6.87. The molecule has 7 heteroatoms. The number of ether oxygens (including phenoxy) is 3. The normalized spacial score (nSPS) is 12.3. The number of hydrogen-bond acceptors (Lipinski definition) is 5. The van der Waals surface area contributed by atoms with Crippen LogP contribution in [0.2, 0.25) is 0 Å². The predicted molar refractivity (Wildman–Crippen MR) is 121 cm³/mol. The van der Waals surface area contributed by atoms with Crippen LogP contribution in [-0.4, -0.2) is 29.7 Å². The number of hydrogen-bond donors (Lipinski definition) is 1. The molecule has 0 saturated carbocycles. The molecule has 3 aromatic rings. The van der Waals surface area contributed by atoms with E-state index in [1.165, 1.54) is 14.2 Å². The average molecular weight is 442 g/mol. The zero-order valence-electron chi connectivity index (χ0n) is 18.3. The van der Waals surface area contributed by atoms with E-state index in [1.54, 1.807) is 43.5 Å². The number of aryl methyl sites for hydroxylation is 2. The van der Waals surface area contributed by atoms with Gasteiger partial charge in [0.1, 0.15) is 17.2 Å². The molecule has 0 bridgehead atoms. The highest BCUT2D eigenvalue weighted by molar-refractivity contribution is 7.89. The molecule has 0 fully saturated rings. The molecule has 3 rings (SSSR count). The molecular weight excluding hydrogens is 414 g/mol. The minimum absolute atomic E-state index is 0.182. The average Bonchev–Trinajstić information content (AvgIpc) is 2.77. The molecule has 1 atom stereocenters. The van der Waals surface area contributed by atoms with Gasteiger partial charge in [0.25, 0.3) is 0 Å². The fraction of sp³-hybridized carbons (Fsp3) is 0.250. The monoisotopic (exact) mass is 441 g/mol. The first-order chi connectivity index (χ1) is 14.8. The Balaban J connectivity index is 2.19. The standard InChI is InChI=1S/C24H27NO5S/c1-16-6-10-18(11-7-16)24(25-31(26,27)20-12-8-17(2)9-13-20)23-21(29-4)14-19(28-3)15-22(23)30-5/h6-15,24-25H,1-5H3. The van der Waals surface area contributed by atoms with E-state index in [-0.39, 0.29) is 4.90 Å². The maximum atomic E-state index is 13.3. The van der Waals surface area contributed by atoms with Gasteiger partial charge < -0.3 is 14.2 Å². The summed E-state index contributed by atoms with van der Waals surface area (Å²) in [5.74, 6) is 1.45. The van der Waals surface area contributed by atoms with Crippen molar-refractivity contribution in [2.24, 2.45) is 0 Å². The van der Waals surface area contributed by atoms with Crippen molar-refractivity contribution >= 4 is 10.0 Å². The van der Waals surface area contributed by atoms with Crippen molar-refractivity contribution in [2.45, 2.75) is 24.8 Å². The van der Waals surface area contributed by atoms with Crippen molar-refractivity contribution in [1.82, 2.24) is 4.72 Å². The van der Waals surface area contributed by atoms with E-state index in [1.807, 2.05) is 38.1 Å². The molecule has 0 aliphatic heterocycles. The summed E-state index contributed by atoms with van der Waals surface area (Å²) in [6, 6.07) is 17.0. The lowest BCUT2D eigenvalue weighted by Crippen LogP contribution is -2.30. The smallest absolute Gasteiger partial charge is 0.241 e. The summed E-state index contributed by atoms with van der Waals surface area (Å²) in [5.41, 5.74) is 3.36. The summed E-state index contributed by atoms with van der Waals surface area (Å²) in [5, 5.41) is 0. The quantitative estimate of drug-likeness (QED) is 0.561. The van der Waals surface area contributed by atoms with Crippen LogP contribution in [-0.2, 0) is 10.0 Å². The molecule has 0 saturated heterocycles. The van der Waals surface area contributed by atoms with E-state index < -0.39 is 16.1 Å². The van der Waals surface area contributed by atoms with Crippen LogP contribution in [0.1, 0.15) is 28.3 Å². The molecule has 6 nitrogen and oxygen atoms in total. The first kappa shape index (κ1) is 22.7. The van der Waals surface area contributed by atoms with Gasteiger partial charge in [-0.3, -0.25) is 0 Å². The topological polar surface area (TPSA) is 73.9 Å². The Labute approximate surface area is 183 Å². The van der Waals surface area contributed by atoms with Gasteiger partial charge in [-0.2, -0.15) is 4.72 Å². The van der Waals surface area contributed by atoms with Crippen molar-refractivity contribution in [3.8, 4) is 17.2 Å². The zero-order chi connectivity index (χ0) is 22.6. The van der Waals surface area contributed by atoms with E-state index in [0.717, 1.165) is 16.7 Å². The lowest BCUT2D eigenvalue weighted by molar-refractivity contribution is 0.365.